The fraction of sp³-hybridized carbons (Fsp3) is 0.583. The van der Waals surface area contributed by atoms with Crippen molar-refractivity contribution in [3.8, 4) is 0 Å². The van der Waals surface area contributed by atoms with E-state index >= 15 is 0 Å². The van der Waals surface area contributed by atoms with Crippen molar-refractivity contribution in [2.24, 2.45) is 0 Å². The van der Waals surface area contributed by atoms with Crippen LogP contribution in [0.1, 0.15) is 30.6 Å². The summed E-state index contributed by atoms with van der Waals surface area (Å²) >= 11 is 7.48. The van der Waals surface area contributed by atoms with Crippen LogP contribution in [0.3, 0.4) is 0 Å². The van der Waals surface area contributed by atoms with Crippen LogP contribution >= 0.6 is 22.9 Å². The van der Waals surface area contributed by atoms with E-state index in [4.69, 9.17) is 11.6 Å². The van der Waals surface area contributed by atoms with Crippen molar-refractivity contribution in [3.05, 3.63) is 21.3 Å². The van der Waals surface area contributed by atoms with Crippen LogP contribution in [-0.4, -0.2) is 28.6 Å². The maximum Gasteiger partial charge on any atom is 0.320 e. The lowest BCUT2D eigenvalue weighted by Gasteiger charge is -2.25. The molecule has 2 heterocycles. The topological polar surface area (TPSA) is 40.5 Å². The Bertz CT molecular complexity index is 394. The molecular weight excluding hydrogens is 258 g/mol. The molecule has 1 aliphatic heterocycles. The normalized spacial score (nSPS) is 22.3. The van der Waals surface area contributed by atoms with Crippen LogP contribution in [0.4, 0.5) is 0 Å². The Hall–Kier alpha value is -0.580. The largest absolute Gasteiger partial charge is 0.480 e. The lowest BCUT2D eigenvalue weighted by atomic mass is 10.1. The first-order chi connectivity index (χ1) is 8.16. The minimum absolute atomic E-state index is 0.335. The molecule has 1 aromatic rings. The Morgan fingerprint density at radius 1 is 1.53 bits per heavy atom. The standard InChI is InChI=1S/C12H16ClNO2S/c13-9-6-10(17-8-9)7-14-5-3-1-2-4-11(14)12(15)16/h6,8,11H,1-5,7H2,(H,15,16). The first-order valence-electron chi connectivity index (χ1n) is 5.86. The number of hydrogen-bond acceptors (Lipinski definition) is 3. The molecule has 1 aromatic heterocycles. The summed E-state index contributed by atoms with van der Waals surface area (Å²) < 4.78 is 0. The number of hydrogen-bond donors (Lipinski definition) is 1. The summed E-state index contributed by atoms with van der Waals surface area (Å²) in [7, 11) is 0. The van der Waals surface area contributed by atoms with Crippen LogP contribution in [0.25, 0.3) is 0 Å². The molecule has 0 bridgehead atoms. The number of carboxylic acid groups (broad SMARTS) is 1. The van der Waals surface area contributed by atoms with Gasteiger partial charge in [0.25, 0.3) is 0 Å². The monoisotopic (exact) mass is 273 g/mol. The van der Waals surface area contributed by atoms with Gasteiger partial charge in [-0.3, -0.25) is 9.69 Å². The lowest BCUT2D eigenvalue weighted by Crippen LogP contribution is -2.39. The van der Waals surface area contributed by atoms with Crippen LogP contribution in [-0.2, 0) is 11.3 Å². The number of rotatable bonds is 3. The summed E-state index contributed by atoms with van der Waals surface area (Å²) in [6, 6.07) is 1.59. The Morgan fingerprint density at radius 3 is 3.00 bits per heavy atom. The van der Waals surface area contributed by atoms with Crippen molar-refractivity contribution >= 4 is 28.9 Å². The number of halogens is 1. The van der Waals surface area contributed by atoms with Gasteiger partial charge in [0.1, 0.15) is 6.04 Å². The summed E-state index contributed by atoms with van der Waals surface area (Å²) in [6.07, 6.45) is 3.99. The van der Waals surface area contributed by atoms with Gasteiger partial charge in [-0.25, -0.2) is 0 Å². The van der Waals surface area contributed by atoms with Crippen LogP contribution in [0.15, 0.2) is 11.4 Å². The first-order valence-corrected chi connectivity index (χ1v) is 7.12. The molecule has 0 aromatic carbocycles. The van der Waals surface area contributed by atoms with Gasteiger partial charge in [-0.05, 0) is 25.5 Å². The molecule has 5 heteroatoms. The molecule has 17 heavy (non-hydrogen) atoms. The molecule has 94 valence electrons. The summed E-state index contributed by atoms with van der Waals surface area (Å²) in [5, 5.41) is 11.9. The molecule has 0 spiro atoms. The molecule has 0 radical (unpaired) electrons. The number of aliphatic carboxylic acids is 1. The van der Waals surface area contributed by atoms with Gasteiger partial charge in [-0.15, -0.1) is 11.3 Å². The van der Waals surface area contributed by atoms with Gasteiger partial charge in [-0.1, -0.05) is 24.4 Å². The molecule has 0 aliphatic carbocycles. The van der Waals surface area contributed by atoms with E-state index < -0.39 is 5.97 Å². The van der Waals surface area contributed by atoms with Crippen molar-refractivity contribution in [2.45, 2.75) is 38.3 Å². The van der Waals surface area contributed by atoms with Gasteiger partial charge >= 0.3 is 5.97 Å². The average molecular weight is 274 g/mol. The smallest absolute Gasteiger partial charge is 0.320 e. The van der Waals surface area contributed by atoms with Gasteiger partial charge in [0.15, 0.2) is 0 Å². The molecule has 2 rings (SSSR count). The Balaban J connectivity index is 2.07. The fourth-order valence-corrected chi connectivity index (χ4v) is 3.37. The predicted octanol–water partition coefficient (Wildman–Crippen LogP) is 3.23. The van der Waals surface area contributed by atoms with Crippen molar-refractivity contribution in [2.75, 3.05) is 6.54 Å². The third-order valence-corrected chi connectivity index (χ3v) is 4.40. The molecule has 1 N–H and O–H groups in total. The van der Waals surface area contributed by atoms with Crippen LogP contribution in [0, 0.1) is 0 Å². The zero-order valence-electron chi connectivity index (χ0n) is 9.56. The predicted molar refractivity (Wildman–Crippen MR) is 69.6 cm³/mol. The molecule has 0 amide bonds. The van der Waals surface area contributed by atoms with Crippen LogP contribution in [0.5, 0.6) is 0 Å². The van der Waals surface area contributed by atoms with Gasteiger partial charge in [0, 0.05) is 16.8 Å². The maximum absolute atomic E-state index is 11.2. The van der Waals surface area contributed by atoms with Crippen molar-refractivity contribution in [1.29, 1.82) is 0 Å². The maximum atomic E-state index is 11.2. The third kappa shape index (κ3) is 3.44. The highest BCUT2D eigenvalue weighted by Gasteiger charge is 2.27. The van der Waals surface area contributed by atoms with Crippen LogP contribution in [0.2, 0.25) is 5.02 Å². The third-order valence-electron chi connectivity index (χ3n) is 3.13. The first kappa shape index (κ1) is 12.9. The summed E-state index contributed by atoms with van der Waals surface area (Å²) in [4.78, 5) is 14.5. The average Bonchev–Trinajstić information content (AvgIpc) is 2.55. The van der Waals surface area contributed by atoms with Gasteiger partial charge in [0.2, 0.25) is 0 Å². The molecule has 1 saturated heterocycles. The molecule has 1 fully saturated rings. The number of likely N-dealkylation sites (tertiary alicyclic amines) is 1. The Labute approximate surface area is 110 Å². The van der Waals surface area contributed by atoms with E-state index in [2.05, 4.69) is 4.90 Å². The number of thiophene rings is 1. The van der Waals surface area contributed by atoms with E-state index in [1.807, 2.05) is 11.4 Å². The SMILES string of the molecule is O=C(O)C1CCCCCN1Cc1cc(Cl)cs1. The van der Waals surface area contributed by atoms with E-state index in [0.29, 0.717) is 6.54 Å². The van der Waals surface area contributed by atoms with E-state index in [1.165, 1.54) is 0 Å². The second-order valence-corrected chi connectivity index (χ2v) is 5.84. The second kappa shape index (κ2) is 5.85. The summed E-state index contributed by atoms with van der Waals surface area (Å²) in [5.74, 6) is -0.699. The van der Waals surface area contributed by atoms with E-state index in [0.717, 1.165) is 42.1 Å². The van der Waals surface area contributed by atoms with Crippen molar-refractivity contribution in [3.63, 3.8) is 0 Å². The quantitative estimate of drug-likeness (QED) is 0.919. The number of nitrogens with zero attached hydrogens (tertiary/aromatic N) is 1. The summed E-state index contributed by atoms with van der Waals surface area (Å²) in [5.41, 5.74) is 0. The van der Waals surface area contributed by atoms with Gasteiger partial charge in [0.05, 0.1) is 5.02 Å². The van der Waals surface area contributed by atoms with E-state index in [1.54, 1.807) is 11.3 Å². The molecule has 1 aliphatic rings. The van der Waals surface area contributed by atoms with Crippen molar-refractivity contribution in [1.82, 2.24) is 4.90 Å². The molecule has 0 saturated carbocycles. The molecule has 1 atom stereocenters. The van der Waals surface area contributed by atoms with Gasteiger partial charge in [-0.2, -0.15) is 0 Å². The van der Waals surface area contributed by atoms with Crippen molar-refractivity contribution < 1.29 is 9.90 Å². The highest BCUT2D eigenvalue weighted by molar-refractivity contribution is 7.10. The highest BCUT2D eigenvalue weighted by Crippen LogP contribution is 2.24. The number of carbonyl (C=O) groups is 1. The Kier molecular flexibility index (Phi) is 4.42. The minimum Gasteiger partial charge on any atom is -0.480 e. The highest BCUT2D eigenvalue weighted by atomic mass is 35.5. The summed E-state index contributed by atoms with van der Waals surface area (Å²) in [6.45, 7) is 1.57. The van der Waals surface area contributed by atoms with Gasteiger partial charge < -0.3 is 5.11 Å². The lowest BCUT2D eigenvalue weighted by molar-refractivity contribution is -0.143. The minimum atomic E-state index is -0.699. The molecular formula is C12H16ClNO2S. The van der Waals surface area contributed by atoms with E-state index in [9.17, 15) is 9.90 Å². The zero-order chi connectivity index (χ0) is 12.3. The van der Waals surface area contributed by atoms with E-state index in [-0.39, 0.29) is 6.04 Å². The fourth-order valence-electron chi connectivity index (χ4n) is 2.27. The second-order valence-electron chi connectivity index (χ2n) is 4.41. The Morgan fingerprint density at radius 2 is 2.35 bits per heavy atom. The number of carboxylic acids is 1. The van der Waals surface area contributed by atoms with Crippen LogP contribution < -0.4 is 0 Å². The zero-order valence-corrected chi connectivity index (χ0v) is 11.1. The molecule has 1 unspecified atom stereocenters. The molecule has 3 nitrogen and oxygen atoms in total.